The standard InChI is InChI=1S/C27H27F3O2/c1-3-4-21-11-9-20(16-32-21)19-10-12-22(24(28)15-19)17-5-7-18(8-6-17)23-13-14-25(31-2)27(30)26(23)29/h5-8,10,12-15,20-21H,3-4,9,11,16H2,1-2H3. The summed E-state index contributed by atoms with van der Waals surface area (Å²) in [5, 5.41) is 0. The smallest absolute Gasteiger partial charge is 0.201 e. The van der Waals surface area contributed by atoms with Crippen molar-refractivity contribution >= 4 is 0 Å². The SMILES string of the molecule is CCCC1CCC(c2ccc(-c3ccc(-c4ccc(OC)c(F)c4F)cc3)c(F)c2)CO1. The molecule has 1 aliphatic rings. The highest BCUT2D eigenvalue weighted by Gasteiger charge is 2.23. The van der Waals surface area contributed by atoms with Crippen molar-refractivity contribution in [3.8, 4) is 28.0 Å². The number of benzene rings is 3. The first kappa shape index (κ1) is 22.4. The average Bonchev–Trinajstić information content (AvgIpc) is 2.82. The minimum atomic E-state index is -1.02. The van der Waals surface area contributed by atoms with Crippen molar-refractivity contribution in [1.82, 2.24) is 0 Å². The Morgan fingerprint density at radius 3 is 2.16 bits per heavy atom. The zero-order valence-electron chi connectivity index (χ0n) is 18.3. The number of methoxy groups -OCH3 is 1. The molecule has 0 bridgehead atoms. The van der Waals surface area contributed by atoms with E-state index in [0.29, 0.717) is 29.4 Å². The van der Waals surface area contributed by atoms with E-state index in [9.17, 15) is 13.2 Å². The second-order valence-corrected chi connectivity index (χ2v) is 8.28. The van der Waals surface area contributed by atoms with Crippen LogP contribution in [0.1, 0.15) is 44.1 Å². The van der Waals surface area contributed by atoms with Crippen LogP contribution in [0, 0.1) is 17.5 Å². The van der Waals surface area contributed by atoms with E-state index in [4.69, 9.17) is 9.47 Å². The third kappa shape index (κ3) is 4.53. The Balaban J connectivity index is 1.52. The fourth-order valence-corrected chi connectivity index (χ4v) is 4.38. The molecule has 5 heteroatoms. The molecule has 0 N–H and O–H groups in total. The number of halogens is 3. The van der Waals surface area contributed by atoms with Gasteiger partial charge in [-0.3, -0.25) is 0 Å². The number of hydrogen-bond acceptors (Lipinski definition) is 2. The van der Waals surface area contributed by atoms with Crippen molar-refractivity contribution in [3.05, 3.63) is 77.6 Å². The molecule has 3 aromatic rings. The molecule has 1 aliphatic heterocycles. The summed E-state index contributed by atoms with van der Waals surface area (Å²) in [4.78, 5) is 0. The van der Waals surface area contributed by atoms with Crippen LogP contribution in [0.5, 0.6) is 5.75 Å². The Morgan fingerprint density at radius 2 is 1.56 bits per heavy atom. The van der Waals surface area contributed by atoms with Crippen LogP contribution >= 0.6 is 0 Å². The van der Waals surface area contributed by atoms with E-state index in [1.807, 2.05) is 6.07 Å². The summed E-state index contributed by atoms with van der Waals surface area (Å²) in [7, 11) is 1.29. The molecule has 0 aliphatic carbocycles. The third-order valence-corrected chi connectivity index (χ3v) is 6.22. The van der Waals surface area contributed by atoms with Gasteiger partial charge in [0.2, 0.25) is 5.82 Å². The van der Waals surface area contributed by atoms with Gasteiger partial charge in [-0.05, 0) is 54.2 Å². The molecule has 0 amide bonds. The van der Waals surface area contributed by atoms with Gasteiger partial charge < -0.3 is 9.47 Å². The number of ether oxygens (including phenoxy) is 2. The summed E-state index contributed by atoms with van der Waals surface area (Å²) < 4.78 is 54.1. The first-order valence-corrected chi connectivity index (χ1v) is 11.1. The first-order valence-electron chi connectivity index (χ1n) is 11.1. The molecule has 168 valence electrons. The van der Waals surface area contributed by atoms with Gasteiger partial charge in [-0.2, -0.15) is 4.39 Å². The molecule has 4 rings (SSSR count). The molecule has 2 nitrogen and oxygen atoms in total. The fourth-order valence-electron chi connectivity index (χ4n) is 4.38. The minimum Gasteiger partial charge on any atom is -0.494 e. The summed E-state index contributed by atoms with van der Waals surface area (Å²) in [6, 6.07) is 15.0. The average molecular weight is 441 g/mol. The topological polar surface area (TPSA) is 18.5 Å². The van der Waals surface area contributed by atoms with E-state index in [1.165, 1.54) is 19.2 Å². The molecule has 2 unspecified atom stereocenters. The molecule has 0 saturated carbocycles. The molecule has 2 atom stereocenters. The molecule has 1 fully saturated rings. The van der Waals surface area contributed by atoms with Crippen molar-refractivity contribution in [2.75, 3.05) is 13.7 Å². The van der Waals surface area contributed by atoms with Gasteiger partial charge in [0.05, 0.1) is 19.8 Å². The van der Waals surface area contributed by atoms with E-state index in [2.05, 4.69) is 6.92 Å². The zero-order chi connectivity index (χ0) is 22.7. The summed E-state index contributed by atoms with van der Waals surface area (Å²) >= 11 is 0. The van der Waals surface area contributed by atoms with Crippen LogP contribution in [0.2, 0.25) is 0 Å². The summed E-state index contributed by atoms with van der Waals surface area (Å²) in [6.07, 6.45) is 4.51. The quantitative estimate of drug-likeness (QED) is 0.395. The molecule has 32 heavy (non-hydrogen) atoms. The third-order valence-electron chi connectivity index (χ3n) is 6.22. The second kappa shape index (κ2) is 9.78. The van der Waals surface area contributed by atoms with Gasteiger partial charge in [0, 0.05) is 17.0 Å². The van der Waals surface area contributed by atoms with Crippen molar-refractivity contribution in [1.29, 1.82) is 0 Å². The Kier molecular flexibility index (Phi) is 6.85. The van der Waals surface area contributed by atoms with Crippen LogP contribution in [0.25, 0.3) is 22.3 Å². The van der Waals surface area contributed by atoms with Crippen LogP contribution in [0.4, 0.5) is 13.2 Å². The Labute approximate surface area is 187 Å². The minimum absolute atomic E-state index is 0.129. The van der Waals surface area contributed by atoms with Crippen molar-refractivity contribution < 1.29 is 22.6 Å². The van der Waals surface area contributed by atoms with Gasteiger partial charge in [-0.15, -0.1) is 0 Å². The molecule has 0 radical (unpaired) electrons. The Bertz CT molecular complexity index is 1070. The van der Waals surface area contributed by atoms with Gasteiger partial charge in [0.25, 0.3) is 0 Å². The second-order valence-electron chi connectivity index (χ2n) is 8.28. The van der Waals surface area contributed by atoms with Gasteiger partial charge >= 0.3 is 0 Å². The lowest BCUT2D eigenvalue weighted by Gasteiger charge is -2.29. The molecule has 3 aromatic carbocycles. The Hall–Kier alpha value is -2.79. The zero-order valence-corrected chi connectivity index (χ0v) is 18.3. The largest absolute Gasteiger partial charge is 0.494 e. The van der Waals surface area contributed by atoms with Crippen LogP contribution in [0.3, 0.4) is 0 Å². The Morgan fingerprint density at radius 1 is 0.875 bits per heavy atom. The first-order chi connectivity index (χ1) is 15.5. The maximum atomic E-state index is 14.9. The van der Waals surface area contributed by atoms with Gasteiger partial charge in [-0.1, -0.05) is 49.7 Å². The van der Waals surface area contributed by atoms with E-state index >= 15 is 0 Å². The van der Waals surface area contributed by atoms with Gasteiger partial charge in [0.15, 0.2) is 11.6 Å². The van der Waals surface area contributed by atoms with Crippen LogP contribution in [0.15, 0.2) is 54.6 Å². The highest BCUT2D eigenvalue weighted by molar-refractivity contribution is 5.71. The van der Waals surface area contributed by atoms with E-state index in [-0.39, 0.29) is 23.0 Å². The monoisotopic (exact) mass is 440 g/mol. The predicted molar refractivity (Wildman–Crippen MR) is 120 cm³/mol. The van der Waals surface area contributed by atoms with E-state index in [1.54, 1.807) is 36.4 Å². The molecule has 0 spiro atoms. The summed E-state index contributed by atoms with van der Waals surface area (Å²) in [5.74, 6) is -2.23. The van der Waals surface area contributed by atoms with E-state index < -0.39 is 11.6 Å². The summed E-state index contributed by atoms with van der Waals surface area (Å²) in [5.41, 5.74) is 2.74. The summed E-state index contributed by atoms with van der Waals surface area (Å²) in [6.45, 7) is 2.78. The lowest BCUT2D eigenvalue weighted by molar-refractivity contribution is -0.00115. The van der Waals surface area contributed by atoms with Crippen molar-refractivity contribution in [2.45, 2.75) is 44.6 Å². The van der Waals surface area contributed by atoms with Crippen molar-refractivity contribution in [2.24, 2.45) is 0 Å². The molecule has 0 aromatic heterocycles. The lowest BCUT2D eigenvalue weighted by Crippen LogP contribution is -2.24. The normalized spacial score (nSPS) is 18.5. The predicted octanol–water partition coefficient (Wildman–Crippen LogP) is 7.51. The molecule has 1 heterocycles. The highest BCUT2D eigenvalue weighted by Crippen LogP contribution is 2.34. The maximum absolute atomic E-state index is 14.9. The van der Waals surface area contributed by atoms with Crippen LogP contribution in [-0.4, -0.2) is 19.8 Å². The number of hydrogen-bond donors (Lipinski definition) is 0. The molecular weight excluding hydrogens is 413 g/mol. The van der Waals surface area contributed by atoms with Gasteiger partial charge in [0.1, 0.15) is 5.82 Å². The number of rotatable bonds is 6. The highest BCUT2D eigenvalue weighted by atomic mass is 19.2. The van der Waals surface area contributed by atoms with Crippen molar-refractivity contribution in [3.63, 3.8) is 0 Å². The molecule has 1 saturated heterocycles. The molecular formula is C27H27F3O2. The van der Waals surface area contributed by atoms with Crippen LogP contribution in [-0.2, 0) is 4.74 Å². The van der Waals surface area contributed by atoms with E-state index in [0.717, 1.165) is 31.2 Å². The fraction of sp³-hybridized carbons (Fsp3) is 0.333. The van der Waals surface area contributed by atoms with Crippen LogP contribution < -0.4 is 4.74 Å². The maximum Gasteiger partial charge on any atom is 0.201 e. The van der Waals surface area contributed by atoms with Gasteiger partial charge in [-0.25, -0.2) is 8.78 Å². The lowest BCUT2D eigenvalue weighted by atomic mass is 9.89.